The van der Waals surface area contributed by atoms with Crippen molar-refractivity contribution in [2.75, 3.05) is 12.1 Å². The van der Waals surface area contributed by atoms with Crippen LogP contribution in [-0.2, 0) is 9.53 Å². The van der Waals surface area contributed by atoms with Gasteiger partial charge in [0.15, 0.2) is 17.3 Å². The van der Waals surface area contributed by atoms with Crippen molar-refractivity contribution in [2.24, 2.45) is 0 Å². The van der Waals surface area contributed by atoms with Crippen LogP contribution in [0.25, 0.3) is 0 Å². The molecule has 2 aliphatic heterocycles. The number of anilines is 1. The molecule has 1 amide bonds. The highest BCUT2D eigenvalue weighted by Crippen LogP contribution is 2.38. The molecule has 1 N–H and O–H groups in total. The van der Waals surface area contributed by atoms with Crippen LogP contribution in [0.2, 0.25) is 0 Å². The van der Waals surface area contributed by atoms with Gasteiger partial charge in [0.25, 0.3) is 0 Å². The predicted molar refractivity (Wildman–Crippen MR) is 90.4 cm³/mol. The number of carbonyl (C=O) groups is 3. The third kappa shape index (κ3) is 2.77. The SMILES string of the molecule is CC(=O)c1cc2c(cc1NC(=O)C[C@@H]1OC(=O)c3ccccc31)OCO2. The number of hydrogen-bond acceptors (Lipinski definition) is 6. The van der Waals surface area contributed by atoms with Gasteiger partial charge < -0.3 is 19.5 Å². The molecule has 2 aromatic rings. The van der Waals surface area contributed by atoms with Gasteiger partial charge in [-0.25, -0.2) is 4.79 Å². The first-order chi connectivity index (χ1) is 12.5. The molecule has 132 valence electrons. The van der Waals surface area contributed by atoms with Gasteiger partial charge in [-0.3, -0.25) is 9.59 Å². The van der Waals surface area contributed by atoms with E-state index in [9.17, 15) is 14.4 Å². The molecule has 4 rings (SSSR count). The zero-order chi connectivity index (χ0) is 18.3. The molecule has 1 atom stereocenters. The fourth-order valence-corrected chi connectivity index (χ4v) is 3.08. The fourth-order valence-electron chi connectivity index (χ4n) is 3.08. The Morgan fingerprint density at radius 3 is 2.65 bits per heavy atom. The molecule has 0 radical (unpaired) electrons. The van der Waals surface area contributed by atoms with E-state index >= 15 is 0 Å². The molecule has 2 aromatic carbocycles. The summed E-state index contributed by atoms with van der Waals surface area (Å²) in [6, 6.07) is 10.1. The van der Waals surface area contributed by atoms with Crippen molar-refractivity contribution in [1.82, 2.24) is 0 Å². The average Bonchev–Trinajstić information content (AvgIpc) is 3.19. The summed E-state index contributed by atoms with van der Waals surface area (Å²) in [5.41, 5.74) is 1.82. The number of amides is 1. The summed E-state index contributed by atoms with van der Waals surface area (Å²) in [6.45, 7) is 1.47. The summed E-state index contributed by atoms with van der Waals surface area (Å²) in [4.78, 5) is 36.2. The summed E-state index contributed by atoms with van der Waals surface area (Å²) in [6.07, 6.45) is -0.692. The average molecular weight is 353 g/mol. The second-order valence-electron chi connectivity index (χ2n) is 6.04. The molecule has 0 spiro atoms. The Bertz CT molecular complexity index is 936. The highest BCUT2D eigenvalue weighted by atomic mass is 16.7. The van der Waals surface area contributed by atoms with E-state index in [0.717, 1.165) is 0 Å². The fraction of sp³-hybridized carbons (Fsp3) is 0.211. The van der Waals surface area contributed by atoms with E-state index in [-0.39, 0.29) is 24.9 Å². The minimum Gasteiger partial charge on any atom is -0.454 e. The van der Waals surface area contributed by atoms with Crippen LogP contribution >= 0.6 is 0 Å². The second-order valence-corrected chi connectivity index (χ2v) is 6.04. The van der Waals surface area contributed by atoms with Crippen molar-refractivity contribution < 1.29 is 28.6 Å². The minimum absolute atomic E-state index is 0.0471. The summed E-state index contributed by atoms with van der Waals surface area (Å²) < 4.78 is 15.8. The number of carbonyl (C=O) groups excluding carboxylic acids is 3. The van der Waals surface area contributed by atoms with Gasteiger partial charge in [-0.15, -0.1) is 0 Å². The largest absolute Gasteiger partial charge is 0.454 e. The van der Waals surface area contributed by atoms with Crippen molar-refractivity contribution in [3.8, 4) is 11.5 Å². The van der Waals surface area contributed by atoms with Crippen molar-refractivity contribution in [3.05, 3.63) is 53.1 Å². The van der Waals surface area contributed by atoms with Crippen LogP contribution in [0.4, 0.5) is 5.69 Å². The van der Waals surface area contributed by atoms with Gasteiger partial charge >= 0.3 is 5.97 Å². The zero-order valence-electron chi connectivity index (χ0n) is 13.9. The van der Waals surface area contributed by atoms with Crippen molar-refractivity contribution in [1.29, 1.82) is 0 Å². The van der Waals surface area contributed by atoms with Gasteiger partial charge in [-0.2, -0.15) is 0 Å². The quantitative estimate of drug-likeness (QED) is 0.671. The lowest BCUT2D eigenvalue weighted by Gasteiger charge is -2.13. The number of benzene rings is 2. The minimum atomic E-state index is -0.645. The number of cyclic esters (lactones) is 1. The smallest absolute Gasteiger partial charge is 0.339 e. The summed E-state index contributed by atoms with van der Waals surface area (Å²) in [5.74, 6) is -0.0993. The number of Topliss-reactive ketones (excluding diaryl/α,β-unsaturated/α-hetero) is 1. The Labute approximate surface area is 148 Å². The molecular weight excluding hydrogens is 338 g/mol. The van der Waals surface area contributed by atoms with Crippen LogP contribution in [0.1, 0.15) is 45.7 Å². The molecule has 26 heavy (non-hydrogen) atoms. The molecule has 0 saturated heterocycles. The number of esters is 1. The zero-order valence-corrected chi connectivity index (χ0v) is 13.9. The first-order valence-corrected chi connectivity index (χ1v) is 8.07. The van der Waals surface area contributed by atoms with Crippen LogP contribution in [0.15, 0.2) is 36.4 Å². The lowest BCUT2D eigenvalue weighted by atomic mass is 10.0. The van der Waals surface area contributed by atoms with E-state index in [0.29, 0.717) is 33.9 Å². The van der Waals surface area contributed by atoms with Gasteiger partial charge in [0.1, 0.15) is 6.10 Å². The van der Waals surface area contributed by atoms with Crippen LogP contribution in [0, 0.1) is 0 Å². The van der Waals surface area contributed by atoms with Crippen molar-refractivity contribution >= 4 is 23.3 Å². The molecule has 7 nitrogen and oxygen atoms in total. The van der Waals surface area contributed by atoms with Crippen molar-refractivity contribution in [2.45, 2.75) is 19.4 Å². The van der Waals surface area contributed by atoms with Gasteiger partial charge in [-0.1, -0.05) is 18.2 Å². The van der Waals surface area contributed by atoms with E-state index in [1.165, 1.54) is 6.92 Å². The van der Waals surface area contributed by atoms with E-state index in [4.69, 9.17) is 14.2 Å². The lowest BCUT2D eigenvalue weighted by Crippen LogP contribution is -2.17. The Hall–Kier alpha value is -3.35. The summed E-state index contributed by atoms with van der Waals surface area (Å²) in [7, 11) is 0. The van der Waals surface area contributed by atoms with E-state index in [1.807, 2.05) is 0 Å². The lowest BCUT2D eigenvalue weighted by molar-refractivity contribution is -0.118. The van der Waals surface area contributed by atoms with Crippen LogP contribution < -0.4 is 14.8 Å². The number of ketones is 1. The third-order valence-electron chi connectivity index (χ3n) is 4.31. The Morgan fingerprint density at radius 1 is 1.15 bits per heavy atom. The van der Waals surface area contributed by atoms with Crippen LogP contribution in [-0.4, -0.2) is 24.5 Å². The maximum atomic E-state index is 12.5. The highest BCUT2D eigenvalue weighted by molar-refractivity contribution is 6.05. The summed E-state index contributed by atoms with van der Waals surface area (Å²) >= 11 is 0. The molecule has 0 aromatic heterocycles. The maximum absolute atomic E-state index is 12.5. The predicted octanol–water partition coefficient (Wildman–Crippen LogP) is 2.86. The normalized spacial score (nSPS) is 16.8. The van der Waals surface area contributed by atoms with Crippen LogP contribution in [0.3, 0.4) is 0 Å². The molecule has 0 aliphatic carbocycles. The van der Waals surface area contributed by atoms with Gasteiger partial charge in [0.2, 0.25) is 12.7 Å². The molecule has 0 saturated carbocycles. The van der Waals surface area contributed by atoms with E-state index < -0.39 is 12.1 Å². The van der Waals surface area contributed by atoms with Crippen molar-refractivity contribution in [3.63, 3.8) is 0 Å². The van der Waals surface area contributed by atoms with Gasteiger partial charge in [-0.05, 0) is 19.1 Å². The molecule has 0 unspecified atom stereocenters. The Morgan fingerprint density at radius 2 is 1.88 bits per heavy atom. The monoisotopic (exact) mass is 353 g/mol. The topological polar surface area (TPSA) is 90.9 Å². The Balaban J connectivity index is 1.55. The molecule has 7 heteroatoms. The highest BCUT2D eigenvalue weighted by Gasteiger charge is 2.32. The molecular formula is C19H15NO6. The number of nitrogens with one attached hydrogen (secondary N) is 1. The number of fused-ring (bicyclic) bond motifs is 2. The molecule has 2 heterocycles. The first-order valence-electron chi connectivity index (χ1n) is 8.07. The third-order valence-corrected chi connectivity index (χ3v) is 4.31. The van der Waals surface area contributed by atoms with Gasteiger partial charge in [0, 0.05) is 17.2 Å². The molecule has 2 aliphatic rings. The number of hydrogen-bond donors (Lipinski definition) is 1. The van der Waals surface area contributed by atoms with E-state index in [2.05, 4.69) is 5.32 Å². The second kappa shape index (κ2) is 6.18. The van der Waals surface area contributed by atoms with Gasteiger partial charge in [0.05, 0.1) is 17.7 Å². The van der Waals surface area contributed by atoms with E-state index in [1.54, 1.807) is 36.4 Å². The molecule has 0 fully saturated rings. The standard InChI is InChI=1S/C19H15NO6/c1-10(21)13-6-16-17(25-9-24-16)7-14(13)20-18(22)8-15-11-4-2-3-5-12(11)19(23)26-15/h2-7,15H,8-9H2,1H3,(H,20,22)/t15-/m0/s1. The first kappa shape index (κ1) is 16.1. The summed E-state index contributed by atoms with van der Waals surface area (Å²) in [5, 5.41) is 2.71. The van der Waals surface area contributed by atoms with Crippen LogP contribution in [0.5, 0.6) is 11.5 Å². The molecule has 0 bridgehead atoms. The Kier molecular flexibility index (Phi) is 3.84. The number of rotatable bonds is 4. The number of ether oxygens (including phenoxy) is 3. The maximum Gasteiger partial charge on any atom is 0.339 e.